The first-order valence-electron chi connectivity index (χ1n) is 3.05. The first-order chi connectivity index (χ1) is 3.80. The maximum atomic E-state index is 5.18. The van der Waals surface area contributed by atoms with Crippen LogP contribution in [0.25, 0.3) is 0 Å². The minimum absolute atomic E-state index is 0.676. The highest BCUT2D eigenvalue weighted by Crippen LogP contribution is 2.07. The minimum atomic E-state index is 0.676. The summed E-state index contributed by atoms with van der Waals surface area (Å²) in [4.78, 5) is 2.22. The Hall–Kier alpha value is -0.0800. The smallest absolute Gasteiger partial charge is 0.0622 e. The molecule has 0 radical (unpaired) electrons. The van der Waals surface area contributed by atoms with Gasteiger partial charge in [-0.15, -0.1) is 0 Å². The van der Waals surface area contributed by atoms with E-state index < -0.39 is 0 Å². The summed E-state index contributed by atoms with van der Waals surface area (Å²) in [5, 5.41) is 0. The predicted molar refractivity (Wildman–Crippen MR) is 32.9 cm³/mol. The third-order valence-electron chi connectivity index (χ3n) is 1.64. The van der Waals surface area contributed by atoms with Gasteiger partial charge in [0.2, 0.25) is 0 Å². The molecule has 0 aliphatic carbocycles. The van der Waals surface area contributed by atoms with Crippen LogP contribution in [-0.2, 0) is 4.74 Å². The average Bonchev–Trinajstić information content (AvgIpc) is 2.12. The SMILES string of the molecule is CN(C)[C@@H]1CCOC1. The lowest BCUT2D eigenvalue weighted by Gasteiger charge is -2.15. The molecule has 8 heavy (non-hydrogen) atoms. The lowest BCUT2D eigenvalue weighted by atomic mass is 10.2. The van der Waals surface area contributed by atoms with Gasteiger partial charge in [-0.1, -0.05) is 0 Å². The van der Waals surface area contributed by atoms with Crippen LogP contribution < -0.4 is 0 Å². The number of nitrogens with zero attached hydrogens (tertiary/aromatic N) is 1. The molecule has 48 valence electrons. The molecule has 2 nitrogen and oxygen atoms in total. The molecule has 0 aromatic rings. The van der Waals surface area contributed by atoms with Crippen molar-refractivity contribution in [3.05, 3.63) is 0 Å². The van der Waals surface area contributed by atoms with Gasteiger partial charge in [-0.2, -0.15) is 0 Å². The van der Waals surface area contributed by atoms with Crippen LogP contribution in [0.3, 0.4) is 0 Å². The summed E-state index contributed by atoms with van der Waals surface area (Å²) in [5.41, 5.74) is 0. The lowest BCUT2D eigenvalue weighted by molar-refractivity contribution is 0.170. The Labute approximate surface area is 50.4 Å². The fraction of sp³-hybridized carbons (Fsp3) is 1.00. The van der Waals surface area contributed by atoms with Crippen molar-refractivity contribution in [3.63, 3.8) is 0 Å². The topological polar surface area (TPSA) is 12.5 Å². The van der Waals surface area contributed by atoms with Gasteiger partial charge in [-0.25, -0.2) is 0 Å². The molecule has 1 aliphatic rings. The number of rotatable bonds is 1. The lowest BCUT2D eigenvalue weighted by Crippen LogP contribution is -2.27. The zero-order valence-corrected chi connectivity index (χ0v) is 5.55. The summed E-state index contributed by atoms with van der Waals surface area (Å²) in [7, 11) is 4.19. The molecule has 0 spiro atoms. The first kappa shape index (κ1) is 6.05. The predicted octanol–water partition coefficient (Wildman–Crippen LogP) is 0.337. The van der Waals surface area contributed by atoms with Crippen LogP contribution >= 0.6 is 0 Å². The van der Waals surface area contributed by atoms with Gasteiger partial charge in [0.25, 0.3) is 0 Å². The van der Waals surface area contributed by atoms with E-state index in [4.69, 9.17) is 4.74 Å². The Morgan fingerprint density at radius 2 is 2.25 bits per heavy atom. The molecule has 0 aromatic heterocycles. The van der Waals surface area contributed by atoms with Crippen molar-refractivity contribution in [2.24, 2.45) is 0 Å². The molecule has 1 rings (SSSR count). The maximum Gasteiger partial charge on any atom is 0.0622 e. The van der Waals surface area contributed by atoms with Crippen molar-refractivity contribution < 1.29 is 4.74 Å². The second-order valence-corrected chi connectivity index (χ2v) is 2.48. The van der Waals surface area contributed by atoms with Gasteiger partial charge in [0.15, 0.2) is 0 Å². The van der Waals surface area contributed by atoms with Crippen LogP contribution in [0, 0.1) is 0 Å². The van der Waals surface area contributed by atoms with Crippen molar-refractivity contribution in [2.75, 3.05) is 27.3 Å². The highest BCUT2D eigenvalue weighted by molar-refractivity contribution is 4.69. The van der Waals surface area contributed by atoms with Crippen LogP contribution in [0.5, 0.6) is 0 Å². The molecular formula is C6H13NO. The Kier molecular flexibility index (Phi) is 1.86. The highest BCUT2D eigenvalue weighted by Gasteiger charge is 2.16. The third kappa shape index (κ3) is 1.20. The summed E-state index contributed by atoms with van der Waals surface area (Å²) in [6, 6.07) is 0.676. The van der Waals surface area contributed by atoms with Crippen LogP contribution in [0.4, 0.5) is 0 Å². The van der Waals surface area contributed by atoms with Gasteiger partial charge in [0, 0.05) is 12.6 Å². The van der Waals surface area contributed by atoms with Gasteiger partial charge in [0.05, 0.1) is 6.61 Å². The molecule has 0 aromatic carbocycles. The first-order valence-corrected chi connectivity index (χ1v) is 3.05. The van der Waals surface area contributed by atoms with Crippen LogP contribution in [0.1, 0.15) is 6.42 Å². The molecule has 0 N–H and O–H groups in total. The quantitative estimate of drug-likeness (QED) is 0.488. The van der Waals surface area contributed by atoms with Crippen LogP contribution in [-0.4, -0.2) is 38.3 Å². The zero-order chi connectivity index (χ0) is 5.98. The van der Waals surface area contributed by atoms with E-state index in [0.717, 1.165) is 13.2 Å². The van der Waals surface area contributed by atoms with Gasteiger partial charge in [-0.05, 0) is 20.5 Å². The molecule has 0 unspecified atom stereocenters. The summed E-state index contributed by atoms with van der Waals surface area (Å²) < 4.78 is 5.18. The normalized spacial score (nSPS) is 29.6. The number of hydrogen-bond donors (Lipinski definition) is 0. The van der Waals surface area contributed by atoms with Crippen molar-refractivity contribution in [1.29, 1.82) is 0 Å². The van der Waals surface area contributed by atoms with Crippen molar-refractivity contribution in [3.8, 4) is 0 Å². The maximum absolute atomic E-state index is 5.18. The van der Waals surface area contributed by atoms with Crippen LogP contribution in [0.15, 0.2) is 0 Å². The molecule has 0 amide bonds. The van der Waals surface area contributed by atoms with Gasteiger partial charge in [-0.3, -0.25) is 0 Å². The average molecular weight is 115 g/mol. The molecule has 1 atom stereocenters. The van der Waals surface area contributed by atoms with Gasteiger partial charge < -0.3 is 9.64 Å². The Morgan fingerprint density at radius 3 is 2.50 bits per heavy atom. The molecule has 1 saturated heterocycles. The monoisotopic (exact) mass is 115 g/mol. The fourth-order valence-electron chi connectivity index (χ4n) is 0.929. The fourth-order valence-corrected chi connectivity index (χ4v) is 0.929. The number of likely N-dealkylation sites (N-methyl/N-ethyl adjacent to an activating group) is 1. The van der Waals surface area contributed by atoms with E-state index in [1.54, 1.807) is 0 Å². The summed E-state index contributed by atoms with van der Waals surface area (Å²) >= 11 is 0. The summed E-state index contributed by atoms with van der Waals surface area (Å²) in [6.45, 7) is 1.87. The zero-order valence-electron chi connectivity index (χ0n) is 5.55. The summed E-state index contributed by atoms with van der Waals surface area (Å²) in [6.07, 6.45) is 1.20. The standard InChI is InChI=1S/C6H13NO/c1-7(2)6-3-4-8-5-6/h6H,3-5H2,1-2H3/t6-/m1/s1. The van der Waals surface area contributed by atoms with E-state index in [-0.39, 0.29) is 0 Å². The van der Waals surface area contributed by atoms with Crippen LogP contribution in [0.2, 0.25) is 0 Å². The number of ether oxygens (including phenoxy) is 1. The van der Waals surface area contributed by atoms with E-state index in [1.165, 1.54) is 6.42 Å². The second kappa shape index (κ2) is 2.46. The molecule has 0 bridgehead atoms. The Bertz CT molecular complexity index is 66.9. The Balaban J connectivity index is 2.24. The van der Waals surface area contributed by atoms with Crippen molar-refractivity contribution in [1.82, 2.24) is 4.90 Å². The van der Waals surface area contributed by atoms with Crippen molar-refractivity contribution >= 4 is 0 Å². The Morgan fingerprint density at radius 1 is 1.50 bits per heavy atom. The van der Waals surface area contributed by atoms with E-state index in [9.17, 15) is 0 Å². The third-order valence-corrected chi connectivity index (χ3v) is 1.64. The van der Waals surface area contributed by atoms with E-state index in [0.29, 0.717) is 6.04 Å². The van der Waals surface area contributed by atoms with E-state index in [1.807, 2.05) is 0 Å². The molecular weight excluding hydrogens is 102 g/mol. The molecule has 2 heteroatoms. The van der Waals surface area contributed by atoms with Gasteiger partial charge in [0.1, 0.15) is 0 Å². The van der Waals surface area contributed by atoms with Crippen molar-refractivity contribution in [2.45, 2.75) is 12.5 Å². The summed E-state index contributed by atoms with van der Waals surface area (Å²) in [5.74, 6) is 0. The highest BCUT2D eigenvalue weighted by atomic mass is 16.5. The minimum Gasteiger partial charge on any atom is -0.380 e. The molecule has 0 saturated carbocycles. The molecule has 1 fully saturated rings. The number of hydrogen-bond acceptors (Lipinski definition) is 2. The van der Waals surface area contributed by atoms with Gasteiger partial charge >= 0.3 is 0 Å². The molecule has 1 aliphatic heterocycles. The largest absolute Gasteiger partial charge is 0.380 e. The van der Waals surface area contributed by atoms with E-state index in [2.05, 4.69) is 19.0 Å². The second-order valence-electron chi connectivity index (χ2n) is 2.48. The van der Waals surface area contributed by atoms with E-state index >= 15 is 0 Å². The molecule has 1 heterocycles.